The van der Waals surface area contributed by atoms with Crippen LogP contribution in [0.3, 0.4) is 0 Å². The Bertz CT molecular complexity index is 719. The summed E-state index contributed by atoms with van der Waals surface area (Å²) in [4.78, 5) is 9.75. The molecule has 1 fully saturated rings. The van der Waals surface area contributed by atoms with E-state index in [0.29, 0.717) is 12.1 Å². The van der Waals surface area contributed by atoms with Gasteiger partial charge in [-0.1, -0.05) is 60.7 Å². The van der Waals surface area contributed by atoms with Gasteiger partial charge in [-0.2, -0.15) is 0 Å². The number of guanidine groups is 1. The third-order valence-corrected chi connectivity index (χ3v) is 5.22. The molecule has 138 valence electrons. The Kier molecular flexibility index (Phi) is 6.53. The molecule has 0 bridgehead atoms. The lowest BCUT2D eigenvalue weighted by atomic mass is 10.1. The summed E-state index contributed by atoms with van der Waals surface area (Å²) in [7, 11) is 0. The second kappa shape index (κ2) is 8.86. The van der Waals surface area contributed by atoms with Crippen molar-refractivity contribution in [3.05, 3.63) is 71.8 Å². The fraction of sp³-hybridized carbons (Fsp3) is 0.381. The predicted molar refractivity (Wildman–Crippen MR) is 118 cm³/mol. The van der Waals surface area contributed by atoms with Crippen LogP contribution in [0.5, 0.6) is 0 Å². The predicted octanol–water partition coefficient (Wildman–Crippen LogP) is 3.51. The molecule has 2 unspecified atom stereocenters. The van der Waals surface area contributed by atoms with Crippen molar-refractivity contribution in [3.63, 3.8) is 0 Å². The Morgan fingerprint density at radius 2 is 1.69 bits per heavy atom. The molecule has 0 radical (unpaired) electrons. The van der Waals surface area contributed by atoms with Gasteiger partial charge in [0.1, 0.15) is 0 Å². The van der Waals surface area contributed by atoms with Crippen molar-refractivity contribution in [1.82, 2.24) is 15.1 Å². The number of nitrogens with one attached hydrogen (secondary N) is 1. The summed E-state index contributed by atoms with van der Waals surface area (Å²) in [5.41, 5.74) is 2.71. The smallest absolute Gasteiger partial charge is 0.194 e. The molecule has 4 nitrogen and oxygen atoms in total. The fourth-order valence-corrected chi connectivity index (χ4v) is 3.73. The summed E-state index contributed by atoms with van der Waals surface area (Å²) in [6.07, 6.45) is 0. The molecule has 2 atom stereocenters. The Morgan fingerprint density at radius 1 is 1.00 bits per heavy atom. The molecule has 2 heterocycles. The van der Waals surface area contributed by atoms with E-state index in [1.54, 1.807) is 0 Å². The fourth-order valence-electron chi connectivity index (χ4n) is 3.73. The molecule has 0 amide bonds. The van der Waals surface area contributed by atoms with Crippen molar-refractivity contribution < 1.29 is 0 Å². The third kappa shape index (κ3) is 4.38. The van der Waals surface area contributed by atoms with E-state index in [-0.39, 0.29) is 24.0 Å². The lowest BCUT2D eigenvalue weighted by Gasteiger charge is -2.40. The molecule has 0 aromatic heterocycles. The monoisotopic (exact) mass is 462 g/mol. The van der Waals surface area contributed by atoms with E-state index in [2.05, 4.69) is 82.7 Å². The number of hydrogen-bond acceptors (Lipinski definition) is 4. The molecule has 0 spiro atoms. The highest BCUT2D eigenvalue weighted by atomic mass is 127. The van der Waals surface area contributed by atoms with Crippen LogP contribution in [0, 0.1) is 0 Å². The summed E-state index contributed by atoms with van der Waals surface area (Å²) in [6, 6.07) is 22.2. The molecule has 2 aliphatic heterocycles. The zero-order valence-corrected chi connectivity index (χ0v) is 17.5. The van der Waals surface area contributed by atoms with Crippen LogP contribution in [0.1, 0.15) is 24.1 Å². The number of halogens is 1. The molecule has 2 aromatic carbocycles. The molecule has 26 heavy (non-hydrogen) atoms. The number of aliphatic imine (C=N–C) groups is 1. The van der Waals surface area contributed by atoms with Crippen LogP contribution in [-0.4, -0.2) is 48.0 Å². The van der Waals surface area contributed by atoms with Gasteiger partial charge in [0.25, 0.3) is 0 Å². The molecular formula is C21H27IN4. The highest BCUT2D eigenvalue weighted by Crippen LogP contribution is 2.20. The highest BCUT2D eigenvalue weighted by molar-refractivity contribution is 14.0. The van der Waals surface area contributed by atoms with Crippen molar-refractivity contribution >= 4 is 29.9 Å². The van der Waals surface area contributed by atoms with Gasteiger partial charge < -0.3 is 10.2 Å². The molecule has 1 N–H and O–H groups in total. The zero-order chi connectivity index (χ0) is 17.1. The van der Waals surface area contributed by atoms with E-state index in [0.717, 1.165) is 38.7 Å². The van der Waals surface area contributed by atoms with Gasteiger partial charge in [-0.3, -0.25) is 9.89 Å². The first-order valence-electron chi connectivity index (χ1n) is 9.18. The van der Waals surface area contributed by atoms with Crippen molar-refractivity contribution in [2.24, 2.45) is 4.99 Å². The number of benzene rings is 2. The first-order chi connectivity index (χ1) is 12.3. The number of rotatable bonds is 3. The summed E-state index contributed by atoms with van der Waals surface area (Å²) in [5, 5.41) is 3.62. The molecule has 2 aromatic rings. The van der Waals surface area contributed by atoms with Gasteiger partial charge in [0.05, 0.1) is 12.6 Å². The maximum absolute atomic E-state index is 4.77. The topological polar surface area (TPSA) is 30.9 Å². The largest absolute Gasteiger partial charge is 0.348 e. The van der Waals surface area contributed by atoms with Gasteiger partial charge in [0.15, 0.2) is 5.96 Å². The molecule has 0 aliphatic carbocycles. The lowest BCUT2D eigenvalue weighted by molar-refractivity contribution is 0.114. The average molecular weight is 462 g/mol. The van der Waals surface area contributed by atoms with Crippen molar-refractivity contribution in [2.75, 3.05) is 26.2 Å². The number of nitrogens with zero attached hydrogens (tertiary/aromatic N) is 3. The molecule has 0 saturated carbocycles. The zero-order valence-electron chi connectivity index (χ0n) is 15.2. The molecule has 1 saturated heterocycles. The van der Waals surface area contributed by atoms with Crippen LogP contribution >= 0.6 is 24.0 Å². The quantitative estimate of drug-likeness (QED) is 0.709. The van der Waals surface area contributed by atoms with E-state index < -0.39 is 0 Å². The van der Waals surface area contributed by atoms with Crippen molar-refractivity contribution in [3.8, 4) is 0 Å². The van der Waals surface area contributed by atoms with Crippen LogP contribution in [0.15, 0.2) is 65.7 Å². The van der Waals surface area contributed by atoms with Crippen LogP contribution in [0.2, 0.25) is 0 Å². The third-order valence-electron chi connectivity index (χ3n) is 5.22. The molecule has 5 heteroatoms. The second-order valence-electron chi connectivity index (χ2n) is 7.02. The van der Waals surface area contributed by atoms with Crippen LogP contribution in [0.25, 0.3) is 0 Å². The summed E-state index contributed by atoms with van der Waals surface area (Å²) < 4.78 is 0. The molecular weight excluding hydrogens is 435 g/mol. The normalized spacial score (nSPS) is 23.1. The highest BCUT2D eigenvalue weighted by Gasteiger charge is 2.29. The van der Waals surface area contributed by atoms with Crippen LogP contribution < -0.4 is 5.32 Å². The summed E-state index contributed by atoms with van der Waals surface area (Å²) in [5.74, 6) is 1.07. The first kappa shape index (κ1) is 19.2. The van der Waals surface area contributed by atoms with E-state index in [4.69, 9.17) is 4.99 Å². The Labute approximate surface area is 173 Å². The number of hydrogen-bond donors (Lipinski definition) is 1. The average Bonchev–Trinajstić information content (AvgIpc) is 3.15. The van der Waals surface area contributed by atoms with Gasteiger partial charge in [-0.05, 0) is 18.1 Å². The molecule has 4 rings (SSSR count). The minimum Gasteiger partial charge on any atom is -0.348 e. The maximum Gasteiger partial charge on any atom is 0.194 e. The lowest BCUT2D eigenvalue weighted by Crippen LogP contribution is -2.55. The van der Waals surface area contributed by atoms with Crippen LogP contribution in [0.4, 0.5) is 0 Å². The van der Waals surface area contributed by atoms with Gasteiger partial charge in [-0.15, -0.1) is 24.0 Å². The van der Waals surface area contributed by atoms with Gasteiger partial charge in [-0.25, -0.2) is 0 Å². The van der Waals surface area contributed by atoms with Gasteiger partial charge >= 0.3 is 0 Å². The summed E-state index contributed by atoms with van der Waals surface area (Å²) >= 11 is 0. The van der Waals surface area contributed by atoms with E-state index in [9.17, 15) is 0 Å². The van der Waals surface area contributed by atoms with E-state index in [1.807, 2.05) is 0 Å². The van der Waals surface area contributed by atoms with Crippen molar-refractivity contribution in [1.29, 1.82) is 0 Å². The minimum atomic E-state index is 0. The van der Waals surface area contributed by atoms with E-state index in [1.165, 1.54) is 11.1 Å². The standard InChI is InChI=1S/C21H26N4.HI/c1-17-15-25(13-12-24(17)16-18-8-4-2-5-9-18)21-22-14-20(23-21)19-10-6-3-7-11-19;/h2-11,17,20H,12-16H2,1H3,(H,22,23);1H. The van der Waals surface area contributed by atoms with Gasteiger partial charge in [0, 0.05) is 32.2 Å². The first-order valence-corrected chi connectivity index (χ1v) is 9.18. The molecule has 2 aliphatic rings. The Balaban J connectivity index is 0.00000196. The minimum absolute atomic E-state index is 0. The maximum atomic E-state index is 4.77. The SMILES string of the molecule is CC1CN(C2=NCC(c3ccccc3)N2)CCN1Cc1ccccc1.I. The Hall–Kier alpha value is -1.60. The second-order valence-corrected chi connectivity index (χ2v) is 7.02. The number of piperazine rings is 1. The van der Waals surface area contributed by atoms with E-state index >= 15 is 0 Å². The Morgan fingerprint density at radius 3 is 2.38 bits per heavy atom. The van der Waals surface area contributed by atoms with Gasteiger partial charge in [0.2, 0.25) is 0 Å². The van der Waals surface area contributed by atoms with Crippen LogP contribution in [-0.2, 0) is 6.54 Å². The summed E-state index contributed by atoms with van der Waals surface area (Å²) in [6.45, 7) is 7.32. The van der Waals surface area contributed by atoms with Crippen molar-refractivity contribution in [2.45, 2.75) is 25.6 Å².